The van der Waals surface area contributed by atoms with Gasteiger partial charge in [0.05, 0.1) is 6.04 Å². The molecule has 5 heteroatoms. The molecule has 4 rings (SSSR count). The van der Waals surface area contributed by atoms with E-state index in [4.69, 9.17) is 5.11 Å². The molecule has 2 N–H and O–H groups in total. The summed E-state index contributed by atoms with van der Waals surface area (Å²) in [4.78, 5) is 24.8. The summed E-state index contributed by atoms with van der Waals surface area (Å²) >= 11 is 0. The third-order valence-electron chi connectivity index (χ3n) is 7.41. The zero-order valence-corrected chi connectivity index (χ0v) is 24.0. The average Bonchev–Trinajstić information content (AvgIpc) is 3.31. The van der Waals surface area contributed by atoms with E-state index in [-0.39, 0.29) is 18.2 Å². The van der Waals surface area contributed by atoms with Crippen LogP contribution in [0.3, 0.4) is 0 Å². The van der Waals surface area contributed by atoms with Crippen LogP contribution < -0.4 is 5.32 Å². The summed E-state index contributed by atoms with van der Waals surface area (Å²) in [7, 11) is 0. The first-order chi connectivity index (χ1) is 19.4. The summed E-state index contributed by atoms with van der Waals surface area (Å²) < 4.78 is 2.00. The molecule has 40 heavy (non-hydrogen) atoms. The second kappa shape index (κ2) is 14.0. The number of aryl methyl sites for hydroxylation is 1. The predicted octanol–water partition coefficient (Wildman–Crippen LogP) is 8.67. The van der Waals surface area contributed by atoms with E-state index in [1.54, 1.807) is 0 Å². The molecule has 3 aromatic carbocycles. The molecular formula is C35H42N2O3. The first-order valence-corrected chi connectivity index (χ1v) is 14.7. The number of ketones is 1. The van der Waals surface area contributed by atoms with E-state index in [1.165, 1.54) is 24.0 Å². The second-order valence-corrected chi connectivity index (χ2v) is 11.2. The summed E-state index contributed by atoms with van der Waals surface area (Å²) in [5.74, 6) is -0.211. The molecule has 1 atom stereocenters. The Balaban J connectivity index is 1.57. The van der Waals surface area contributed by atoms with Crippen LogP contribution in [0, 0.1) is 5.92 Å². The molecule has 0 aliphatic heterocycles. The molecule has 5 nitrogen and oxygen atoms in total. The number of anilines is 1. The zero-order chi connectivity index (χ0) is 28.5. The number of carbonyl (C=O) groups excluding carboxylic acids is 1. The number of nitrogens with one attached hydrogen (secondary N) is 1. The van der Waals surface area contributed by atoms with E-state index in [0.717, 1.165) is 35.9 Å². The fourth-order valence-electron chi connectivity index (χ4n) is 5.40. The molecule has 4 aromatic rings. The third-order valence-corrected chi connectivity index (χ3v) is 7.41. The normalized spacial score (nSPS) is 12.1. The van der Waals surface area contributed by atoms with Crippen LogP contribution in [0.4, 0.5) is 5.69 Å². The second-order valence-electron chi connectivity index (χ2n) is 11.2. The van der Waals surface area contributed by atoms with Crippen LogP contribution in [0.15, 0.2) is 79.0 Å². The Morgan fingerprint density at radius 1 is 0.925 bits per heavy atom. The Morgan fingerprint density at radius 2 is 1.70 bits per heavy atom. The van der Waals surface area contributed by atoms with Crippen molar-refractivity contribution in [3.63, 3.8) is 0 Å². The first kappa shape index (κ1) is 29.1. The maximum absolute atomic E-state index is 13.8. The van der Waals surface area contributed by atoms with Crippen molar-refractivity contribution in [1.82, 2.24) is 4.57 Å². The van der Waals surface area contributed by atoms with Crippen molar-refractivity contribution in [2.75, 3.05) is 5.32 Å². The number of benzene rings is 3. The SMILES string of the molecule is CCCCCC(Nc1cccc(C(=O)c2cn(CCCC(=O)O)c3ccccc23)c1)c1ccc(CC(C)C)cc1. The lowest BCUT2D eigenvalue weighted by molar-refractivity contribution is -0.137. The number of carboxylic acid groups (broad SMARTS) is 1. The van der Waals surface area contributed by atoms with Crippen molar-refractivity contribution in [3.05, 3.63) is 101 Å². The van der Waals surface area contributed by atoms with E-state index in [1.807, 2.05) is 59.3 Å². The van der Waals surface area contributed by atoms with Crippen LogP contribution in [0.1, 0.15) is 92.4 Å². The lowest BCUT2D eigenvalue weighted by Crippen LogP contribution is -2.12. The number of carboxylic acids is 1. The van der Waals surface area contributed by atoms with Crippen molar-refractivity contribution in [3.8, 4) is 0 Å². The van der Waals surface area contributed by atoms with Crippen molar-refractivity contribution >= 4 is 28.3 Å². The molecular weight excluding hydrogens is 496 g/mol. The van der Waals surface area contributed by atoms with E-state index < -0.39 is 5.97 Å². The van der Waals surface area contributed by atoms with Gasteiger partial charge < -0.3 is 15.0 Å². The van der Waals surface area contributed by atoms with Crippen LogP contribution in [-0.2, 0) is 17.8 Å². The minimum Gasteiger partial charge on any atom is -0.481 e. The topological polar surface area (TPSA) is 71.3 Å². The lowest BCUT2D eigenvalue weighted by Gasteiger charge is -2.21. The molecule has 0 spiro atoms. The zero-order valence-electron chi connectivity index (χ0n) is 24.0. The van der Waals surface area contributed by atoms with Gasteiger partial charge >= 0.3 is 5.97 Å². The molecule has 0 bridgehead atoms. The number of rotatable bonds is 15. The summed E-state index contributed by atoms with van der Waals surface area (Å²) in [5, 5.41) is 13.7. The maximum atomic E-state index is 13.8. The number of para-hydroxylation sites is 1. The highest BCUT2D eigenvalue weighted by Gasteiger charge is 2.18. The summed E-state index contributed by atoms with van der Waals surface area (Å²) in [6.07, 6.45) is 8.10. The van der Waals surface area contributed by atoms with Crippen LogP contribution in [0.25, 0.3) is 10.9 Å². The molecule has 0 aliphatic carbocycles. The number of fused-ring (bicyclic) bond motifs is 1. The number of aromatic nitrogens is 1. The summed E-state index contributed by atoms with van der Waals surface area (Å²) in [6.45, 7) is 7.27. The highest BCUT2D eigenvalue weighted by Crippen LogP contribution is 2.29. The standard InChI is InChI=1S/C35H42N2O3/c1-4-5-6-14-32(27-19-17-26(18-20-27)22-25(2)3)36-29-12-9-11-28(23-29)35(40)31-24-37(21-10-16-34(38)39)33-15-8-7-13-30(31)33/h7-9,11-13,15,17-20,23-25,32,36H,4-6,10,14,16,21-22H2,1-3H3,(H,38,39). The predicted molar refractivity (Wildman–Crippen MR) is 164 cm³/mol. The van der Waals surface area contributed by atoms with E-state index in [9.17, 15) is 9.59 Å². The van der Waals surface area contributed by atoms with E-state index >= 15 is 0 Å². The average molecular weight is 539 g/mol. The van der Waals surface area contributed by atoms with Gasteiger partial charge in [-0.3, -0.25) is 9.59 Å². The molecule has 1 aromatic heterocycles. The molecule has 0 radical (unpaired) electrons. The van der Waals surface area contributed by atoms with Gasteiger partial charge in [0.1, 0.15) is 0 Å². The lowest BCUT2D eigenvalue weighted by atomic mass is 9.96. The van der Waals surface area contributed by atoms with Gasteiger partial charge in [0, 0.05) is 46.9 Å². The van der Waals surface area contributed by atoms with Gasteiger partial charge in [-0.15, -0.1) is 0 Å². The van der Waals surface area contributed by atoms with E-state index in [0.29, 0.717) is 30.0 Å². The quantitative estimate of drug-likeness (QED) is 0.117. The highest BCUT2D eigenvalue weighted by molar-refractivity contribution is 6.16. The minimum atomic E-state index is -0.809. The third kappa shape index (κ3) is 7.62. The van der Waals surface area contributed by atoms with Crippen LogP contribution in [0.2, 0.25) is 0 Å². The largest absolute Gasteiger partial charge is 0.481 e. The molecule has 0 fully saturated rings. The van der Waals surface area contributed by atoms with Crippen molar-refractivity contribution in [2.45, 2.75) is 78.3 Å². The Hall–Kier alpha value is -3.86. The summed E-state index contributed by atoms with van der Waals surface area (Å²) in [5.41, 5.74) is 5.79. The van der Waals surface area contributed by atoms with Crippen molar-refractivity contribution in [1.29, 1.82) is 0 Å². The monoisotopic (exact) mass is 538 g/mol. The number of hydrogen-bond donors (Lipinski definition) is 2. The van der Waals surface area contributed by atoms with Gasteiger partial charge in [0.15, 0.2) is 5.78 Å². The van der Waals surface area contributed by atoms with Gasteiger partial charge in [-0.25, -0.2) is 0 Å². The Bertz CT molecular complexity index is 1420. The van der Waals surface area contributed by atoms with E-state index in [2.05, 4.69) is 50.4 Å². The molecule has 1 unspecified atom stereocenters. The van der Waals surface area contributed by atoms with Gasteiger partial charge in [0.25, 0.3) is 0 Å². The maximum Gasteiger partial charge on any atom is 0.303 e. The smallest absolute Gasteiger partial charge is 0.303 e. The van der Waals surface area contributed by atoms with Crippen LogP contribution in [-0.4, -0.2) is 21.4 Å². The number of aliphatic carboxylic acids is 1. The number of hydrogen-bond acceptors (Lipinski definition) is 3. The molecule has 0 saturated carbocycles. The fraction of sp³-hybridized carbons (Fsp3) is 0.371. The first-order valence-electron chi connectivity index (χ1n) is 14.7. The van der Waals surface area contributed by atoms with Crippen molar-refractivity contribution < 1.29 is 14.7 Å². The molecule has 0 amide bonds. The molecule has 210 valence electrons. The van der Waals surface area contributed by atoms with Gasteiger partial charge in [-0.1, -0.05) is 94.6 Å². The minimum absolute atomic E-state index is 0.0302. The Kier molecular flexibility index (Phi) is 10.2. The number of carbonyl (C=O) groups is 2. The van der Waals surface area contributed by atoms with Gasteiger partial charge in [0.2, 0.25) is 0 Å². The van der Waals surface area contributed by atoms with Gasteiger partial charge in [-0.2, -0.15) is 0 Å². The van der Waals surface area contributed by atoms with Crippen LogP contribution >= 0.6 is 0 Å². The fourth-order valence-corrected chi connectivity index (χ4v) is 5.40. The highest BCUT2D eigenvalue weighted by atomic mass is 16.4. The van der Waals surface area contributed by atoms with Crippen molar-refractivity contribution in [2.24, 2.45) is 5.92 Å². The Morgan fingerprint density at radius 3 is 2.42 bits per heavy atom. The molecule has 0 saturated heterocycles. The molecule has 0 aliphatic rings. The number of nitrogens with zero attached hydrogens (tertiary/aromatic N) is 1. The van der Waals surface area contributed by atoms with Gasteiger partial charge in [-0.05, 0) is 54.5 Å². The van der Waals surface area contributed by atoms with Crippen LogP contribution in [0.5, 0.6) is 0 Å². The summed E-state index contributed by atoms with van der Waals surface area (Å²) in [6, 6.07) is 24.8. The molecule has 1 heterocycles. The number of unbranched alkanes of at least 4 members (excludes halogenated alkanes) is 2. The Labute approximate surface area is 238 Å².